The normalized spacial score (nSPS) is 15.3. The third kappa shape index (κ3) is 4.83. The second kappa shape index (κ2) is 9.09. The van der Waals surface area contributed by atoms with Crippen LogP contribution < -0.4 is 15.4 Å². The number of hydrogen-bond donors (Lipinski definition) is 2. The molecule has 34 heavy (non-hydrogen) atoms. The molecule has 0 radical (unpaired) electrons. The van der Waals surface area contributed by atoms with Crippen molar-refractivity contribution in [2.75, 3.05) is 12.4 Å². The first-order valence-corrected chi connectivity index (χ1v) is 10.7. The summed E-state index contributed by atoms with van der Waals surface area (Å²) in [4.78, 5) is 25.3. The van der Waals surface area contributed by atoms with E-state index in [0.29, 0.717) is 22.7 Å². The third-order valence-corrected chi connectivity index (χ3v) is 5.61. The summed E-state index contributed by atoms with van der Waals surface area (Å²) in [6, 6.07) is 15.1. The molecule has 0 spiro atoms. The number of nitrogens with one attached hydrogen (secondary N) is 2. The molecule has 0 aromatic heterocycles. The van der Waals surface area contributed by atoms with Crippen molar-refractivity contribution in [2.24, 2.45) is 0 Å². The fraction of sp³-hybridized carbons (Fsp3) is 0.185. The number of fused-ring (bicyclic) bond motifs is 1. The average Bonchev–Trinajstić information content (AvgIpc) is 2.78. The van der Waals surface area contributed by atoms with E-state index in [1.165, 1.54) is 18.2 Å². The maximum atomic E-state index is 13.8. The van der Waals surface area contributed by atoms with E-state index in [9.17, 15) is 18.4 Å². The Morgan fingerprint density at radius 3 is 2.35 bits per heavy atom. The van der Waals surface area contributed by atoms with Crippen LogP contribution in [-0.2, 0) is 6.42 Å². The highest BCUT2D eigenvalue weighted by atomic mass is 19.1. The van der Waals surface area contributed by atoms with Gasteiger partial charge in [0.1, 0.15) is 22.9 Å². The number of carbonyl (C=O) groups is 2. The summed E-state index contributed by atoms with van der Waals surface area (Å²) >= 11 is 0. The summed E-state index contributed by atoms with van der Waals surface area (Å²) in [5, 5.41) is 5.88. The highest BCUT2D eigenvalue weighted by Gasteiger charge is 2.28. The van der Waals surface area contributed by atoms with E-state index in [1.54, 1.807) is 25.3 Å². The number of ketones is 1. The molecule has 1 heterocycles. The predicted octanol–water partition coefficient (Wildman–Crippen LogP) is 5.37. The minimum absolute atomic E-state index is 0.230. The largest absolute Gasteiger partial charge is 0.497 e. The summed E-state index contributed by atoms with van der Waals surface area (Å²) in [6.07, 6.45) is 2.34. The molecule has 0 aliphatic carbocycles. The molecule has 2 N–H and O–H groups in total. The van der Waals surface area contributed by atoms with Gasteiger partial charge >= 0.3 is 0 Å². The van der Waals surface area contributed by atoms with Crippen molar-refractivity contribution in [3.63, 3.8) is 0 Å². The number of hydrogen-bond acceptors (Lipinski definition) is 4. The van der Waals surface area contributed by atoms with E-state index in [2.05, 4.69) is 24.5 Å². The molecule has 0 bridgehead atoms. The van der Waals surface area contributed by atoms with E-state index in [1.807, 2.05) is 18.2 Å². The van der Waals surface area contributed by atoms with Crippen LogP contribution in [0.3, 0.4) is 0 Å². The summed E-state index contributed by atoms with van der Waals surface area (Å²) in [5.41, 5.74) is 2.53. The molecule has 4 rings (SSSR count). The van der Waals surface area contributed by atoms with E-state index in [0.717, 1.165) is 29.7 Å². The standard InChI is InChI=1S/C27H24F2N2O3/c1-27(2)15-17-9-12-19(34-3)13-20(17)23(31-27)14-24(32)16-7-10-18(11-8-16)30-26(33)25-21(28)5-4-6-22(25)29/h4-14,31H,15H2,1-3H3,(H,30,33)/b23-14-. The average molecular weight is 462 g/mol. The van der Waals surface area contributed by atoms with Crippen molar-refractivity contribution in [1.82, 2.24) is 5.32 Å². The molecule has 0 saturated carbocycles. The molecule has 174 valence electrons. The maximum absolute atomic E-state index is 13.8. The molecule has 0 unspecified atom stereocenters. The summed E-state index contributed by atoms with van der Waals surface area (Å²) in [5.74, 6) is -2.33. The van der Waals surface area contributed by atoms with Gasteiger partial charge in [0.25, 0.3) is 5.91 Å². The van der Waals surface area contributed by atoms with Crippen LogP contribution in [0.4, 0.5) is 14.5 Å². The van der Waals surface area contributed by atoms with Gasteiger partial charge in [0.05, 0.1) is 7.11 Å². The topological polar surface area (TPSA) is 67.4 Å². The number of rotatable bonds is 5. The van der Waals surface area contributed by atoms with Crippen LogP contribution in [-0.4, -0.2) is 24.3 Å². The van der Waals surface area contributed by atoms with Gasteiger partial charge in [-0.15, -0.1) is 0 Å². The Labute approximate surface area is 196 Å². The molecule has 1 aliphatic heterocycles. The molecule has 3 aromatic carbocycles. The zero-order valence-corrected chi connectivity index (χ0v) is 19.0. The van der Waals surface area contributed by atoms with Gasteiger partial charge in [-0.3, -0.25) is 9.59 Å². The fourth-order valence-electron chi connectivity index (χ4n) is 3.99. The number of anilines is 1. The van der Waals surface area contributed by atoms with Gasteiger partial charge < -0.3 is 15.4 Å². The predicted molar refractivity (Wildman–Crippen MR) is 127 cm³/mol. The van der Waals surface area contributed by atoms with Crippen molar-refractivity contribution in [2.45, 2.75) is 25.8 Å². The van der Waals surface area contributed by atoms with Crippen LogP contribution in [0.1, 0.15) is 45.7 Å². The Bertz CT molecular complexity index is 1280. The maximum Gasteiger partial charge on any atom is 0.261 e. The van der Waals surface area contributed by atoms with Crippen LogP contribution in [0.25, 0.3) is 5.70 Å². The van der Waals surface area contributed by atoms with E-state index < -0.39 is 23.1 Å². The van der Waals surface area contributed by atoms with E-state index >= 15 is 0 Å². The number of methoxy groups -OCH3 is 1. The van der Waals surface area contributed by atoms with Gasteiger partial charge in [-0.2, -0.15) is 0 Å². The number of amides is 1. The molecular weight excluding hydrogens is 438 g/mol. The number of carbonyl (C=O) groups excluding carboxylic acids is 2. The summed E-state index contributed by atoms with van der Waals surface area (Å²) in [7, 11) is 1.59. The Hall–Kier alpha value is -4.00. The van der Waals surface area contributed by atoms with Crippen LogP contribution in [0.5, 0.6) is 5.75 Å². The van der Waals surface area contributed by atoms with E-state index in [-0.39, 0.29) is 11.3 Å². The van der Waals surface area contributed by atoms with Crippen LogP contribution in [0, 0.1) is 11.6 Å². The number of allylic oxidation sites excluding steroid dienone is 1. The van der Waals surface area contributed by atoms with Gasteiger partial charge in [-0.25, -0.2) is 8.78 Å². The van der Waals surface area contributed by atoms with E-state index in [4.69, 9.17) is 4.74 Å². The lowest BCUT2D eigenvalue weighted by atomic mass is 9.85. The molecule has 0 saturated heterocycles. The van der Waals surface area contributed by atoms with Gasteiger partial charge in [-0.1, -0.05) is 12.1 Å². The Balaban J connectivity index is 1.56. The van der Waals surface area contributed by atoms with Crippen LogP contribution in [0.2, 0.25) is 0 Å². The lowest BCUT2D eigenvalue weighted by Gasteiger charge is -2.35. The van der Waals surface area contributed by atoms with Crippen LogP contribution in [0.15, 0.2) is 66.7 Å². The molecule has 1 amide bonds. The Morgan fingerprint density at radius 2 is 1.71 bits per heavy atom. The molecule has 0 fully saturated rings. The monoisotopic (exact) mass is 462 g/mol. The Morgan fingerprint density at radius 1 is 1.03 bits per heavy atom. The van der Waals surface area contributed by atoms with Crippen molar-refractivity contribution < 1.29 is 23.1 Å². The lowest BCUT2D eigenvalue weighted by molar-refractivity contribution is 0.101. The lowest BCUT2D eigenvalue weighted by Crippen LogP contribution is -2.43. The first kappa shape index (κ1) is 23.2. The third-order valence-electron chi connectivity index (χ3n) is 5.61. The zero-order valence-electron chi connectivity index (χ0n) is 19.0. The van der Waals surface area contributed by atoms with Gasteiger partial charge in [0, 0.05) is 34.1 Å². The van der Waals surface area contributed by atoms with Crippen molar-refractivity contribution in [3.8, 4) is 5.75 Å². The summed E-state index contributed by atoms with van der Waals surface area (Å²) < 4.78 is 33.0. The molecule has 0 atom stereocenters. The first-order valence-electron chi connectivity index (χ1n) is 10.7. The zero-order chi connectivity index (χ0) is 24.5. The number of benzene rings is 3. The SMILES string of the molecule is COc1ccc2c(c1)/C(=C/C(=O)c1ccc(NC(=O)c3c(F)cccc3F)cc1)NC(C)(C)C2. The van der Waals surface area contributed by atoms with Crippen molar-refractivity contribution >= 4 is 23.1 Å². The quantitative estimate of drug-likeness (QED) is 0.395. The minimum Gasteiger partial charge on any atom is -0.497 e. The molecule has 1 aliphatic rings. The number of halogens is 2. The van der Waals surface area contributed by atoms with Crippen molar-refractivity contribution in [3.05, 3.63) is 101 Å². The van der Waals surface area contributed by atoms with Gasteiger partial charge in [0.15, 0.2) is 5.78 Å². The second-order valence-electron chi connectivity index (χ2n) is 8.76. The van der Waals surface area contributed by atoms with Gasteiger partial charge in [-0.05, 0) is 74.4 Å². The molecule has 7 heteroatoms. The summed E-state index contributed by atoms with van der Waals surface area (Å²) in [6.45, 7) is 4.13. The molecule has 5 nitrogen and oxygen atoms in total. The Kier molecular flexibility index (Phi) is 6.20. The highest BCUT2D eigenvalue weighted by molar-refractivity contribution is 6.09. The smallest absolute Gasteiger partial charge is 0.261 e. The minimum atomic E-state index is -0.948. The second-order valence-corrected chi connectivity index (χ2v) is 8.76. The number of ether oxygens (including phenoxy) is 1. The molecule has 3 aromatic rings. The highest BCUT2D eigenvalue weighted by Crippen LogP contribution is 2.32. The fourth-order valence-corrected chi connectivity index (χ4v) is 3.99. The molecular formula is C27H24F2N2O3. The van der Waals surface area contributed by atoms with Gasteiger partial charge in [0.2, 0.25) is 0 Å². The first-order chi connectivity index (χ1) is 16.2. The van der Waals surface area contributed by atoms with Crippen LogP contribution >= 0.6 is 0 Å². The van der Waals surface area contributed by atoms with Crippen molar-refractivity contribution in [1.29, 1.82) is 0 Å².